The number of hydrogen-bond donors (Lipinski definition) is 3. The lowest BCUT2D eigenvalue weighted by Crippen LogP contribution is -2.54. The molecule has 0 heterocycles. The van der Waals surface area contributed by atoms with Crippen LogP contribution in [0.4, 0.5) is 0 Å². The van der Waals surface area contributed by atoms with Gasteiger partial charge in [-0.05, 0) is 31.0 Å². The van der Waals surface area contributed by atoms with Crippen LogP contribution in [0.2, 0.25) is 0 Å². The van der Waals surface area contributed by atoms with Crippen molar-refractivity contribution in [2.75, 3.05) is 26.9 Å². The van der Waals surface area contributed by atoms with Crippen LogP contribution in [-0.2, 0) is 4.79 Å². The summed E-state index contributed by atoms with van der Waals surface area (Å²) in [6.45, 7) is 2.81. The minimum absolute atomic E-state index is 0.221. The topological polar surface area (TPSA) is 88.0 Å². The van der Waals surface area contributed by atoms with Crippen LogP contribution in [-0.4, -0.2) is 48.6 Å². The smallest absolute Gasteiger partial charge is 0.258 e. The van der Waals surface area contributed by atoms with Crippen molar-refractivity contribution in [3.63, 3.8) is 0 Å². The van der Waals surface area contributed by atoms with E-state index < -0.39 is 11.4 Å². The van der Waals surface area contributed by atoms with Gasteiger partial charge in [-0.3, -0.25) is 4.79 Å². The number of nitrogens with one attached hydrogen (secondary N) is 1. The second-order valence-electron chi connectivity index (χ2n) is 4.94. The van der Waals surface area contributed by atoms with E-state index in [9.17, 15) is 15.0 Å². The van der Waals surface area contributed by atoms with E-state index in [2.05, 4.69) is 5.32 Å². The lowest BCUT2D eigenvalue weighted by atomic mass is 9.98. The van der Waals surface area contributed by atoms with Crippen molar-refractivity contribution in [3.8, 4) is 11.5 Å². The van der Waals surface area contributed by atoms with E-state index in [4.69, 9.17) is 9.47 Å². The molecule has 21 heavy (non-hydrogen) atoms. The summed E-state index contributed by atoms with van der Waals surface area (Å²) >= 11 is 0. The summed E-state index contributed by atoms with van der Waals surface area (Å²) in [5.41, 5.74) is 0.00635. The SMILES string of the molecule is CCC(CO)(CO)NC(=O)COc1ccc(C)cc1OC. The van der Waals surface area contributed by atoms with Gasteiger partial charge in [0.2, 0.25) is 0 Å². The Kier molecular flexibility index (Phi) is 6.45. The van der Waals surface area contributed by atoms with Crippen molar-refractivity contribution in [1.82, 2.24) is 5.32 Å². The van der Waals surface area contributed by atoms with Gasteiger partial charge < -0.3 is 25.0 Å². The third-order valence-corrected chi connectivity index (χ3v) is 3.36. The Balaban J connectivity index is 2.65. The second kappa shape index (κ2) is 7.85. The van der Waals surface area contributed by atoms with Crippen LogP contribution in [0.5, 0.6) is 11.5 Å². The molecule has 1 amide bonds. The van der Waals surface area contributed by atoms with Crippen molar-refractivity contribution in [1.29, 1.82) is 0 Å². The number of rotatable bonds is 8. The van der Waals surface area contributed by atoms with E-state index in [1.807, 2.05) is 19.1 Å². The highest BCUT2D eigenvalue weighted by atomic mass is 16.5. The third kappa shape index (κ3) is 4.61. The van der Waals surface area contributed by atoms with Crippen LogP contribution < -0.4 is 14.8 Å². The van der Waals surface area contributed by atoms with E-state index in [0.717, 1.165) is 5.56 Å². The quantitative estimate of drug-likeness (QED) is 0.655. The zero-order chi connectivity index (χ0) is 15.9. The van der Waals surface area contributed by atoms with Crippen molar-refractivity contribution in [2.45, 2.75) is 25.8 Å². The number of benzene rings is 1. The van der Waals surface area contributed by atoms with Crippen molar-refractivity contribution < 1.29 is 24.5 Å². The van der Waals surface area contributed by atoms with Crippen LogP contribution in [0.25, 0.3) is 0 Å². The highest BCUT2D eigenvalue weighted by Gasteiger charge is 2.28. The monoisotopic (exact) mass is 297 g/mol. The van der Waals surface area contributed by atoms with E-state index in [-0.39, 0.29) is 19.8 Å². The van der Waals surface area contributed by atoms with Gasteiger partial charge in [0.25, 0.3) is 5.91 Å². The van der Waals surface area contributed by atoms with Gasteiger partial charge >= 0.3 is 0 Å². The molecule has 0 aliphatic heterocycles. The summed E-state index contributed by atoms with van der Waals surface area (Å²) in [7, 11) is 1.53. The number of ether oxygens (including phenoxy) is 2. The highest BCUT2D eigenvalue weighted by molar-refractivity contribution is 5.78. The molecular formula is C15H23NO5. The average Bonchev–Trinajstić information content (AvgIpc) is 2.51. The molecule has 6 heteroatoms. The number of hydrogen-bond acceptors (Lipinski definition) is 5. The zero-order valence-electron chi connectivity index (χ0n) is 12.7. The maximum atomic E-state index is 11.9. The normalized spacial score (nSPS) is 11.1. The Morgan fingerprint density at radius 1 is 1.29 bits per heavy atom. The van der Waals surface area contributed by atoms with Crippen LogP contribution in [0.3, 0.4) is 0 Å². The van der Waals surface area contributed by atoms with Gasteiger partial charge in [0.1, 0.15) is 0 Å². The van der Waals surface area contributed by atoms with E-state index in [1.54, 1.807) is 13.0 Å². The molecule has 0 radical (unpaired) electrons. The van der Waals surface area contributed by atoms with Gasteiger partial charge in [0, 0.05) is 0 Å². The predicted molar refractivity (Wildman–Crippen MR) is 78.6 cm³/mol. The van der Waals surface area contributed by atoms with Crippen LogP contribution in [0.1, 0.15) is 18.9 Å². The second-order valence-corrected chi connectivity index (χ2v) is 4.94. The Bertz CT molecular complexity index is 463. The molecule has 3 N–H and O–H groups in total. The van der Waals surface area contributed by atoms with Crippen LogP contribution >= 0.6 is 0 Å². The summed E-state index contributed by atoms with van der Waals surface area (Å²) < 4.78 is 10.6. The molecule has 1 aromatic carbocycles. The molecule has 0 fully saturated rings. The average molecular weight is 297 g/mol. The zero-order valence-corrected chi connectivity index (χ0v) is 12.7. The van der Waals surface area contributed by atoms with Crippen LogP contribution in [0, 0.1) is 6.92 Å². The van der Waals surface area contributed by atoms with E-state index >= 15 is 0 Å². The molecule has 0 saturated carbocycles. The molecule has 1 rings (SSSR count). The van der Waals surface area contributed by atoms with Gasteiger partial charge in [0.15, 0.2) is 18.1 Å². The van der Waals surface area contributed by atoms with E-state index in [1.165, 1.54) is 7.11 Å². The molecule has 0 atom stereocenters. The fourth-order valence-corrected chi connectivity index (χ4v) is 1.81. The molecule has 0 unspecified atom stereocenters. The minimum atomic E-state index is -1.02. The first kappa shape index (κ1) is 17.3. The molecule has 0 saturated heterocycles. The van der Waals surface area contributed by atoms with Gasteiger partial charge in [0.05, 0.1) is 25.9 Å². The third-order valence-electron chi connectivity index (χ3n) is 3.36. The Morgan fingerprint density at radius 3 is 2.48 bits per heavy atom. The highest BCUT2D eigenvalue weighted by Crippen LogP contribution is 2.27. The molecule has 118 valence electrons. The summed E-state index contributed by atoms with van der Waals surface area (Å²) in [6, 6.07) is 5.39. The molecule has 1 aromatic rings. The molecule has 6 nitrogen and oxygen atoms in total. The molecule has 0 aliphatic rings. The van der Waals surface area contributed by atoms with Crippen molar-refractivity contribution in [3.05, 3.63) is 23.8 Å². The molecule has 0 aliphatic carbocycles. The molecule has 0 aromatic heterocycles. The number of carbonyl (C=O) groups excluding carboxylic acids is 1. The lowest BCUT2D eigenvalue weighted by Gasteiger charge is -2.29. The first-order valence-electron chi connectivity index (χ1n) is 6.80. The number of methoxy groups -OCH3 is 1. The van der Waals surface area contributed by atoms with Gasteiger partial charge in [-0.15, -0.1) is 0 Å². The van der Waals surface area contributed by atoms with Crippen LogP contribution in [0.15, 0.2) is 18.2 Å². The Morgan fingerprint density at radius 2 is 1.95 bits per heavy atom. The summed E-state index contributed by atoms with van der Waals surface area (Å²) in [6.07, 6.45) is 0.416. The predicted octanol–water partition coefficient (Wildman–Crippen LogP) is 0.632. The number of carbonyl (C=O) groups is 1. The first-order valence-corrected chi connectivity index (χ1v) is 6.80. The number of aliphatic hydroxyl groups is 2. The molecular weight excluding hydrogens is 274 g/mol. The minimum Gasteiger partial charge on any atom is -0.493 e. The first-order chi connectivity index (χ1) is 10.00. The van der Waals surface area contributed by atoms with Crippen molar-refractivity contribution in [2.24, 2.45) is 0 Å². The lowest BCUT2D eigenvalue weighted by molar-refractivity contribution is -0.126. The summed E-state index contributed by atoms with van der Waals surface area (Å²) in [5.74, 6) is 0.602. The molecule has 0 bridgehead atoms. The number of aryl methyl sites for hydroxylation is 1. The fraction of sp³-hybridized carbons (Fsp3) is 0.533. The van der Waals surface area contributed by atoms with Gasteiger partial charge in [-0.2, -0.15) is 0 Å². The number of aliphatic hydroxyl groups excluding tert-OH is 2. The summed E-state index contributed by atoms with van der Waals surface area (Å²) in [5, 5.41) is 21.2. The fourth-order valence-electron chi connectivity index (χ4n) is 1.81. The Labute approximate surface area is 124 Å². The van der Waals surface area contributed by atoms with Gasteiger partial charge in [-0.25, -0.2) is 0 Å². The van der Waals surface area contributed by atoms with E-state index in [0.29, 0.717) is 17.9 Å². The maximum Gasteiger partial charge on any atom is 0.258 e. The maximum absolute atomic E-state index is 11.9. The Hall–Kier alpha value is -1.79. The number of amides is 1. The molecule has 0 spiro atoms. The standard InChI is InChI=1S/C15H23NO5/c1-4-15(9-17,10-18)16-14(19)8-21-12-6-5-11(2)7-13(12)20-3/h5-7,17-18H,4,8-10H2,1-3H3,(H,16,19). The largest absolute Gasteiger partial charge is 0.493 e. The van der Waals surface area contributed by atoms with Crippen molar-refractivity contribution >= 4 is 5.91 Å². The van der Waals surface area contributed by atoms with Gasteiger partial charge in [-0.1, -0.05) is 13.0 Å². The summed E-state index contributed by atoms with van der Waals surface area (Å²) in [4.78, 5) is 11.9.